The Hall–Kier alpha value is -1.64. The first kappa shape index (κ1) is 17.2. The number of hydrogen-bond acceptors (Lipinski definition) is 7. The highest BCUT2D eigenvalue weighted by atomic mass is 32.2. The molecule has 2 aliphatic heterocycles. The van der Waals surface area contributed by atoms with Gasteiger partial charge in [-0.1, -0.05) is 17.8 Å². The Labute approximate surface area is 148 Å². The Balaban J connectivity index is 2.00. The van der Waals surface area contributed by atoms with E-state index in [-0.39, 0.29) is 12.5 Å². The van der Waals surface area contributed by atoms with Gasteiger partial charge in [-0.2, -0.15) is 0 Å². The standard InChI is InChI=1S/C16H18N2O4S2/c1-10-13(15(20)22-7-6-21-2)14(11-4-3-8-23-11)18-12(19)5-9-24-16(18)17-10/h3-4,8,14H,5-7,9H2,1-2H3/t14-/m0/s1. The van der Waals surface area contributed by atoms with E-state index in [0.29, 0.717) is 35.2 Å². The molecule has 6 nitrogen and oxygen atoms in total. The molecule has 8 heteroatoms. The SMILES string of the molecule is COCCOC(=O)C1=C(C)N=C2SCCC(=O)N2[C@H]1c1cccs1. The number of thioether (sulfide) groups is 1. The molecule has 0 saturated carbocycles. The molecule has 0 aromatic carbocycles. The maximum Gasteiger partial charge on any atom is 0.338 e. The maximum atomic E-state index is 12.6. The van der Waals surface area contributed by atoms with Crippen LogP contribution in [0, 0.1) is 0 Å². The minimum absolute atomic E-state index is 0.0133. The van der Waals surface area contributed by atoms with Crippen molar-refractivity contribution in [3.63, 3.8) is 0 Å². The van der Waals surface area contributed by atoms with Crippen LogP contribution in [0.4, 0.5) is 0 Å². The second kappa shape index (κ2) is 7.50. The van der Waals surface area contributed by atoms with Gasteiger partial charge in [-0.15, -0.1) is 11.3 Å². The van der Waals surface area contributed by atoms with Gasteiger partial charge >= 0.3 is 5.97 Å². The van der Waals surface area contributed by atoms with Crippen LogP contribution in [0.5, 0.6) is 0 Å². The molecule has 1 aromatic rings. The van der Waals surface area contributed by atoms with Crippen molar-refractivity contribution in [2.24, 2.45) is 4.99 Å². The monoisotopic (exact) mass is 366 g/mol. The third-order valence-corrected chi connectivity index (χ3v) is 5.64. The molecule has 2 aliphatic rings. The summed E-state index contributed by atoms with van der Waals surface area (Å²) in [5.74, 6) is 0.251. The summed E-state index contributed by atoms with van der Waals surface area (Å²) in [4.78, 5) is 32.2. The number of fused-ring (bicyclic) bond motifs is 1. The van der Waals surface area contributed by atoms with Crippen molar-refractivity contribution >= 4 is 40.1 Å². The van der Waals surface area contributed by atoms with E-state index < -0.39 is 12.0 Å². The number of ether oxygens (including phenoxy) is 2. The van der Waals surface area contributed by atoms with Crippen LogP contribution >= 0.6 is 23.1 Å². The van der Waals surface area contributed by atoms with Gasteiger partial charge in [-0.3, -0.25) is 9.69 Å². The fourth-order valence-electron chi connectivity index (χ4n) is 2.67. The second-order valence-electron chi connectivity index (χ2n) is 5.30. The quantitative estimate of drug-likeness (QED) is 0.592. The molecule has 0 spiro atoms. The van der Waals surface area contributed by atoms with Crippen molar-refractivity contribution in [1.82, 2.24) is 4.90 Å². The van der Waals surface area contributed by atoms with Gasteiger partial charge < -0.3 is 9.47 Å². The highest BCUT2D eigenvalue weighted by molar-refractivity contribution is 8.14. The third-order valence-electron chi connectivity index (χ3n) is 3.76. The first-order chi connectivity index (χ1) is 11.6. The fourth-order valence-corrected chi connectivity index (χ4v) is 4.50. The van der Waals surface area contributed by atoms with Crippen LogP contribution < -0.4 is 0 Å². The molecule has 1 atom stereocenters. The van der Waals surface area contributed by atoms with Crippen molar-refractivity contribution in [2.45, 2.75) is 19.4 Å². The molecule has 128 valence electrons. The Kier molecular flexibility index (Phi) is 5.37. The summed E-state index contributed by atoms with van der Waals surface area (Å²) in [6, 6.07) is 3.38. The van der Waals surface area contributed by atoms with Gasteiger partial charge in [0.25, 0.3) is 0 Å². The van der Waals surface area contributed by atoms with E-state index in [1.807, 2.05) is 17.5 Å². The van der Waals surface area contributed by atoms with Crippen molar-refractivity contribution in [1.29, 1.82) is 0 Å². The van der Waals surface area contributed by atoms with E-state index in [0.717, 1.165) is 4.88 Å². The molecule has 0 radical (unpaired) electrons. The Morgan fingerprint density at radius 3 is 3.00 bits per heavy atom. The fraction of sp³-hybridized carbons (Fsp3) is 0.438. The number of allylic oxidation sites excluding steroid dienone is 1. The summed E-state index contributed by atoms with van der Waals surface area (Å²) in [5.41, 5.74) is 1.03. The van der Waals surface area contributed by atoms with E-state index in [4.69, 9.17) is 9.47 Å². The zero-order chi connectivity index (χ0) is 17.1. The van der Waals surface area contributed by atoms with Crippen molar-refractivity contribution in [3.8, 4) is 0 Å². The number of thiophene rings is 1. The number of rotatable bonds is 5. The lowest BCUT2D eigenvalue weighted by molar-refractivity contribution is -0.141. The van der Waals surface area contributed by atoms with E-state index in [2.05, 4.69) is 4.99 Å². The van der Waals surface area contributed by atoms with Crippen molar-refractivity contribution in [2.75, 3.05) is 26.1 Å². The number of amidine groups is 1. The van der Waals surface area contributed by atoms with Crippen LogP contribution in [0.3, 0.4) is 0 Å². The molecule has 0 N–H and O–H groups in total. The average molecular weight is 366 g/mol. The Bertz CT molecular complexity index is 697. The lowest BCUT2D eigenvalue weighted by Crippen LogP contribution is -2.45. The maximum absolute atomic E-state index is 12.6. The average Bonchev–Trinajstić information content (AvgIpc) is 3.08. The molecular weight excluding hydrogens is 348 g/mol. The molecule has 1 saturated heterocycles. The van der Waals surface area contributed by atoms with Crippen LogP contribution in [-0.2, 0) is 19.1 Å². The van der Waals surface area contributed by atoms with E-state index in [1.165, 1.54) is 11.3 Å². The lowest BCUT2D eigenvalue weighted by Gasteiger charge is -2.38. The molecule has 1 fully saturated rings. The van der Waals surface area contributed by atoms with Gasteiger partial charge in [-0.25, -0.2) is 9.79 Å². The van der Waals surface area contributed by atoms with Gasteiger partial charge in [0.05, 0.1) is 17.9 Å². The zero-order valence-electron chi connectivity index (χ0n) is 13.5. The molecule has 3 rings (SSSR count). The van der Waals surface area contributed by atoms with E-state index >= 15 is 0 Å². The van der Waals surface area contributed by atoms with Crippen LogP contribution in [0.25, 0.3) is 0 Å². The number of amides is 1. The largest absolute Gasteiger partial charge is 0.460 e. The first-order valence-electron chi connectivity index (χ1n) is 7.57. The summed E-state index contributed by atoms with van der Waals surface area (Å²) < 4.78 is 10.2. The van der Waals surface area contributed by atoms with E-state index in [1.54, 1.807) is 30.7 Å². The summed E-state index contributed by atoms with van der Waals surface area (Å²) in [6.07, 6.45) is 0.441. The summed E-state index contributed by atoms with van der Waals surface area (Å²) in [5, 5.41) is 2.60. The van der Waals surface area contributed by atoms with Crippen LogP contribution in [0.15, 0.2) is 33.8 Å². The van der Waals surface area contributed by atoms with Gasteiger partial charge in [-0.05, 0) is 18.4 Å². The number of aliphatic imine (C=N–C) groups is 1. The van der Waals surface area contributed by atoms with Gasteiger partial charge in [0.15, 0.2) is 5.17 Å². The van der Waals surface area contributed by atoms with Crippen molar-refractivity contribution < 1.29 is 19.1 Å². The lowest BCUT2D eigenvalue weighted by atomic mass is 10.00. The van der Waals surface area contributed by atoms with Gasteiger partial charge in [0.1, 0.15) is 12.6 Å². The number of carbonyl (C=O) groups is 2. The molecule has 24 heavy (non-hydrogen) atoms. The van der Waals surface area contributed by atoms with Crippen molar-refractivity contribution in [3.05, 3.63) is 33.7 Å². The summed E-state index contributed by atoms with van der Waals surface area (Å²) >= 11 is 3.06. The number of hydrogen-bond donors (Lipinski definition) is 0. The second-order valence-corrected chi connectivity index (χ2v) is 7.34. The predicted molar refractivity (Wildman–Crippen MR) is 94.0 cm³/mol. The van der Waals surface area contributed by atoms with Gasteiger partial charge in [0, 0.05) is 24.2 Å². The summed E-state index contributed by atoms with van der Waals surface area (Å²) in [6.45, 7) is 2.29. The molecular formula is C16H18N2O4S2. The highest BCUT2D eigenvalue weighted by Crippen LogP contribution is 2.41. The van der Waals surface area contributed by atoms with Gasteiger partial charge in [0.2, 0.25) is 5.91 Å². The highest BCUT2D eigenvalue weighted by Gasteiger charge is 2.42. The molecule has 0 aliphatic carbocycles. The minimum atomic E-state index is -0.465. The molecule has 0 bridgehead atoms. The zero-order valence-corrected chi connectivity index (χ0v) is 15.1. The normalized spacial score (nSPS) is 20.8. The topological polar surface area (TPSA) is 68.2 Å². The molecule has 1 aromatic heterocycles. The van der Waals surface area contributed by atoms with Crippen LogP contribution in [0.1, 0.15) is 24.3 Å². The number of carbonyl (C=O) groups excluding carboxylic acids is 2. The number of esters is 1. The smallest absolute Gasteiger partial charge is 0.338 e. The first-order valence-corrected chi connectivity index (χ1v) is 9.43. The predicted octanol–water partition coefficient (Wildman–Crippen LogP) is 2.59. The molecule has 0 unspecified atom stereocenters. The van der Waals surface area contributed by atoms with Crippen LogP contribution in [0.2, 0.25) is 0 Å². The van der Waals surface area contributed by atoms with E-state index in [9.17, 15) is 9.59 Å². The summed E-state index contributed by atoms with van der Waals surface area (Å²) in [7, 11) is 1.55. The Morgan fingerprint density at radius 2 is 2.29 bits per heavy atom. The van der Waals surface area contributed by atoms with Crippen LogP contribution in [-0.4, -0.2) is 48.0 Å². The Morgan fingerprint density at radius 1 is 1.46 bits per heavy atom. The third kappa shape index (κ3) is 3.26. The molecule has 3 heterocycles. The molecule has 1 amide bonds. The number of methoxy groups -OCH3 is 1. The minimum Gasteiger partial charge on any atom is -0.460 e. The number of nitrogens with zero attached hydrogens (tertiary/aromatic N) is 2.